The number of unbranched alkanes of at least 4 members (excludes halogenated alkanes) is 1. The van der Waals surface area contributed by atoms with Crippen LogP contribution in [0.25, 0.3) is 0 Å². The van der Waals surface area contributed by atoms with Crippen LogP contribution in [0.1, 0.15) is 19.3 Å². The minimum absolute atomic E-state index is 0.223. The van der Waals surface area contributed by atoms with E-state index < -0.39 is 10.0 Å². The highest BCUT2D eigenvalue weighted by Gasteiger charge is 2.18. The van der Waals surface area contributed by atoms with Gasteiger partial charge in [-0.25, -0.2) is 13.1 Å². The van der Waals surface area contributed by atoms with Gasteiger partial charge in [-0.3, -0.25) is 0 Å². The Kier molecular flexibility index (Phi) is 6.74. The Hall–Kier alpha value is -1.35. The molecular weight excluding hydrogens is 354 g/mol. The number of nitrogens with zero attached hydrogens (tertiary/aromatic N) is 2. The zero-order valence-corrected chi connectivity index (χ0v) is 16.3. The first-order valence-corrected chi connectivity index (χ1v) is 10.8. The number of fused-ring (bicyclic) bond motifs is 1. The van der Waals surface area contributed by atoms with Crippen molar-refractivity contribution in [3.63, 3.8) is 0 Å². The maximum atomic E-state index is 12.5. The number of nitrogens with one attached hydrogen (secondary N) is 1. The zero-order chi connectivity index (χ0) is 18.4. The highest BCUT2D eigenvalue weighted by molar-refractivity contribution is 7.89. The summed E-state index contributed by atoms with van der Waals surface area (Å²) in [5.41, 5.74) is 0. The highest BCUT2D eigenvalue weighted by Crippen LogP contribution is 2.31. The molecule has 1 N–H and O–H groups in total. The van der Waals surface area contributed by atoms with Gasteiger partial charge in [-0.1, -0.05) is 0 Å². The summed E-state index contributed by atoms with van der Waals surface area (Å²) in [5, 5.41) is 0. The van der Waals surface area contributed by atoms with Crippen molar-refractivity contribution in [2.45, 2.75) is 24.2 Å². The lowest BCUT2D eigenvalue weighted by molar-refractivity contribution is 0.152. The number of benzene rings is 1. The maximum Gasteiger partial charge on any atom is 0.240 e. The van der Waals surface area contributed by atoms with Gasteiger partial charge in [-0.05, 0) is 38.6 Å². The summed E-state index contributed by atoms with van der Waals surface area (Å²) in [7, 11) is -1.38. The molecule has 0 unspecified atom stereocenters. The summed E-state index contributed by atoms with van der Waals surface area (Å²) in [4.78, 5) is 5.00. The van der Waals surface area contributed by atoms with Crippen LogP contribution in [0.5, 0.6) is 11.5 Å². The van der Waals surface area contributed by atoms with Gasteiger partial charge in [0.2, 0.25) is 10.0 Å². The molecule has 2 heterocycles. The second-order valence-electron chi connectivity index (χ2n) is 6.91. The van der Waals surface area contributed by atoms with Crippen LogP contribution in [0.2, 0.25) is 0 Å². The quantitative estimate of drug-likeness (QED) is 0.713. The van der Waals surface area contributed by atoms with Crippen LogP contribution in [0.15, 0.2) is 23.1 Å². The van der Waals surface area contributed by atoms with Gasteiger partial charge in [0.25, 0.3) is 0 Å². The van der Waals surface area contributed by atoms with Crippen LogP contribution < -0.4 is 14.2 Å². The van der Waals surface area contributed by atoms with Crippen LogP contribution in [-0.4, -0.2) is 77.7 Å². The Bertz CT molecular complexity index is 688. The number of likely N-dealkylation sites (N-methyl/N-ethyl adjacent to an activating group) is 1. The summed E-state index contributed by atoms with van der Waals surface area (Å²) in [6.07, 6.45) is 2.62. The fourth-order valence-electron chi connectivity index (χ4n) is 3.13. The molecule has 1 aromatic carbocycles. The van der Waals surface area contributed by atoms with Gasteiger partial charge < -0.3 is 19.3 Å². The van der Waals surface area contributed by atoms with E-state index in [0.29, 0.717) is 31.3 Å². The van der Waals surface area contributed by atoms with Gasteiger partial charge >= 0.3 is 0 Å². The first-order chi connectivity index (χ1) is 12.5. The Morgan fingerprint density at radius 3 is 2.54 bits per heavy atom. The van der Waals surface area contributed by atoms with Gasteiger partial charge in [-0.2, -0.15) is 0 Å². The predicted molar refractivity (Wildman–Crippen MR) is 100 cm³/mol. The second kappa shape index (κ2) is 9.03. The van der Waals surface area contributed by atoms with Crippen LogP contribution in [-0.2, 0) is 10.0 Å². The van der Waals surface area contributed by atoms with Crippen LogP contribution in [0.3, 0.4) is 0 Å². The first kappa shape index (κ1) is 19.4. The number of hydrogen-bond acceptors (Lipinski definition) is 6. The number of rotatable bonds is 7. The van der Waals surface area contributed by atoms with E-state index in [9.17, 15) is 8.42 Å². The van der Waals surface area contributed by atoms with Gasteiger partial charge in [0.15, 0.2) is 11.5 Å². The van der Waals surface area contributed by atoms with E-state index in [4.69, 9.17) is 9.47 Å². The minimum Gasteiger partial charge on any atom is -0.490 e. The van der Waals surface area contributed by atoms with E-state index in [1.165, 1.54) is 0 Å². The molecule has 2 aliphatic rings. The molecule has 0 aliphatic carbocycles. The Morgan fingerprint density at radius 2 is 1.77 bits per heavy atom. The lowest BCUT2D eigenvalue weighted by Crippen LogP contribution is -2.44. The van der Waals surface area contributed by atoms with Crippen LogP contribution in [0, 0.1) is 0 Å². The SMILES string of the molecule is CN1CCN(CCCCNS(=O)(=O)c2ccc3c(c2)OCCCO3)CC1. The van der Waals surface area contributed by atoms with E-state index in [0.717, 1.165) is 52.0 Å². The van der Waals surface area contributed by atoms with Crippen molar-refractivity contribution in [3.8, 4) is 11.5 Å². The van der Waals surface area contributed by atoms with Crippen molar-refractivity contribution in [3.05, 3.63) is 18.2 Å². The summed E-state index contributed by atoms with van der Waals surface area (Å²) in [5.74, 6) is 1.11. The fraction of sp³-hybridized carbons (Fsp3) is 0.667. The van der Waals surface area contributed by atoms with Crippen molar-refractivity contribution in [1.29, 1.82) is 0 Å². The fourth-order valence-corrected chi connectivity index (χ4v) is 4.22. The smallest absolute Gasteiger partial charge is 0.240 e. The molecule has 2 aliphatic heterocycles. The average molecular weight is 384 g/mol. The van der Waals surface area contributed by atoms with Crippen molar-refractivity contribution >= 4 is 10.0 Å². The number of sulfonamides is 1. The third-order valence-electron chi connectivity index (χ3n) is 4.82. The Balaban J connectivity index is 1.44. The van der Waals surface area contributed by atoms with Gasteiger partial charge in [0, 0.05) is 45.2 Å². The molecule has 1 fully saturated rings. The van der Waals surface area contributed by atoms with Crippen molar-refractivity contribution in [2.75, 3.05) is 59.5 Å². The van der Waals surface area contributed by atoms with Crippen molar-refractivity contribution in [2.24, 2.45) is 0 Å². The number of piperazine rings is 1. The summed E-state index contributed by atoms with van der Waals surface area (Å²) < 4.78 is 38.8. The monoisotopic (exact) mass is 383 g/mol. The van der Waals surface area contributed by atoms with E-state index >= 15 is 0 Å². The van der Waals surface area contributed by atoms with E-state index in [1.807, 2.05) is 0 Å². The molecule has 3 rings (SSSR count). The molecule has 0 radical (unpaired) electrons. The largest absolute Gasteiger partial charge is 0.490 e. The molecule has 0 bridgehead atoms. The number of hydrogen-bond donors (Lipinski definition) is 1. The zero-order valence-electron chi connectivity index (χ0n) is 15.4. The average Bonchev–Trinajstić information content (AvgIpc) is 2.87. The predicted octanol–water partition coefficient (Wildman–Crippen LogP) is 1.15. The standard InChI is InChI=1S/C18H29N3O4S/c1-20-9-11-21(12-10-20)8-3-2-7-19-26(22,23)16-5-6-17-18(15-16)25-14-4-13-24-17/h5-6,15,19H,2-4,7-14H2,1H3. The van der Waals surface area contributed by atoms with Gasteiger partial charge in [0.1, 0.15) is 0 Å². The molecule has 0 amide bonds. The lowest BCUT2D eigenvalue weighted by Gasteiger charge is -2.32. The van der Waals surface area contributed by atoms with Crippen molar-refractivity contribution < 1.29 is 17.9 Å². The molecule has 0 spiro atoms. The molecule has 7 nitrogen and oxygen atoms in total. The topological polar surface area (TPSA) is 71.1 Å². The van der Waals surface area contributed by atoms with E-state index in [-0.39, 0.29) is 4.90 Å². The van der Waals surface area contributed by atoms with Crippen LogP contribution >= 0.6 is 0 Å². The maximum absolute atomic E-state index is 12.5. The molecule has 1 saturated heterocycles. The molecule has 26 heavy (non-hydrogen) atoms. The van der Waals surface area contributed by atoms with Gasteiger partial charge in [0.05, 0.1) is 18.1 Å². The summed E-state index contributed by atoms with van der Waals surface area (Å²) >= 11 is 0. The minimum atomic E-state index is -3.52. The summed E-state index contributed by atoms with van der Waals surface area (Å²) in [6.45, 7) is 7.01. The lowest BCUT2D eigenvalue weighted by atomic mass is 10.2. The second-order valence-corrected chi connectivity index (χ2v) is 8.68. The van der Waals surface area contributed by atoms with Crippen molar-refractivity contribution in [1.82, 2.24) is 14.5 Å². The molecule has 0 atom stereocenters. The van der Waals surface area contributed by atoms with E-state index in [1.54, 1.807) is 18.2 Å². The Labute approximate surface area is 156 Å². The third kappa shape index (κ3) is 5.33. The molecule has 0 saturated carbocycles. The third-order valence-corrected chi connectivity index (χ3v) is 6.28. The van der Waals surface area contributed by atoms with Gasteiger partial charge in [-0.15, -0.1) is 0 Å². The molecule has 1 aromatic rings. The number of ether oxygens (including phenoxy) is 2. The first-order valence-electron chi connectivity index (χ1n) is 9.35. The van der Waals surface area contributed by atoms with E-state index in [2.05, 4.69) is 21.6 Å². The van der Waals surface area contributed by atoms with Crippen LogP contribution in [0.4, 0.5) is 0 Å². The molecule has 8 heteroatoms. The summed E-state index contributed by atoms with van der Waals surface area (Å²) in [6, 6.07) is 4.79. The Morgan fingerprint density at radius 1 is 1.04 bits per heavy atom. The highest BCUT2D eigenvalue weighted by atomic mass is 32.2. The molecule has 0 aromatic heterocycles. The normalized spacial score (nSPS) is 19.3. The molecular formula is C18H29N3O4S. The molecule has 146 valence electrons.